The van der Waals surface area contributed by atoms with Crippen molar-refractivity contribution in [3.05, 3.63) is 77.1 Å². The number of aromatic nitrogens is 2. The van der Waals surface area contributed by atoms with E-state index in [-0.39, 0.29) is 12.6 Å². The van der Waals surface area contributed by atoms with Gasteiger partial charge in [0.2, 0.25) is 0 Å². The van der Waals surface area contributed by atoms with Crippen LogP contribution in [0.3, 0.4) is 0 Å². The summed E-state index contributed by atoms with van der Waals surface area (Å²) < 4.78 is 5.28. The Hall–Kier alpha value is -3.01. The highest BCUT2D eigenvalue weighted by molar-refractivity contribution is 5.93. The molecule has 1 heterocycles. The molecule has 120 valence electrons. The number of nitrogens with zero attached hydrogens (tertiary/aromatic N) is 2. The third-order valence-corrected chi connectivity index (χ3v) is 3.73. The van der Waals surface area contributed by atoms with Crippen LogP contribution in [-0.4, -0.2) is 22.5 Å². The molecule has 1 aromatic heterocycles. The summed E-state index contributed by atoms with van der Waals surface area (Å²) in [6.45, 7) is 4.05. The summed E-state index contributed by atoms with van der Waals surface area (Å²) in [5.41, 5.74) is 4.78. The lowest BCUT2D eigenvalue weighted by molar-refractivity contribution is 0.0550. The van der Waals surface area contributed by atoms with Gasteiger partial charge >= 0.3 is 5.97 Å². The molecule has 0 atom stereocenters. The van der Waals surface area contributed by atoms with Gasteiger partial charge in [-0.05, 0) is 43.7 Å². The zero-order valence-electron chi connectivity index (χ0n) is 13.7. The van der Waals surface area contributed by atoms with Gasteiger partial charge in [0.15, 0.2) is 0 Å². The third kappa shape index (κ3) is 3.66. The van der Waals surface area contributed by atoms with Crippen molar-refractivity contribution in [2.45, 2.75) is 13.8 Å². The van der Waals surface area contributed by atoms with E-state index in [1.807, 2.05) is 56.3 Å². The van der Waals surface area contributed by atoms with Gasteiger partial charge in [0.1, 0.15) is 6.61 Å². The van der Waals surface area contributed by atoms with E-state index in [4.69, 9.17) is 4.74 Å². The molecule has 0 amide bonds. The quantitative estimate of drug-likeness (QED) is 0.679. The molecule has 0 fully saturated rings. The number of carbonyl (C=O) groups is 1. The van der Waals surface area contributed by atoms with Crippen molar-refractivity contribution in [3.8, 4) is 0 Å². The summed E-state index contributed by atoms with van der Waals surface area (Å²) in [5, 5.41) is 0. The fraction of sp³-hybridized carbons (Fsp3) is 0.150. The highest BCUT2D eigenvalue weighted by atomic mass is 16.5. The van der Waals surface area contributed by atoms with Gasteiger partial charge in [-0.2, -0.15) is 0 Å². The van der Waals surface area contributed by atoms with Crippen molar-refractivity contribution in [2.75, 3.05) is 6.61 Å². The van der Waals surface area contributed by atoms with Crippen LogP contribution in [0.15, 0.2) is 54.6 Å². The molecule has 3 aromatic rings. The van der Waals surface area contributed by atoms with Gasteiger partial charge in [-0.25, -0.2) is 14.8 Å². The van der Waals surface area contributed by atoms with Crippen LogP contribution in [0.25, 0.3) is 17.1 Å². The second-order valence-electron chi connectivity index (χ2n) is 5.51. The van der Waals surface area contributed by atoms with Crippen molar-refractivity contribution in [3.63, 3.8) is 0 Å². The molecule has 0 aliphatic carbocycles. The zero-order chi connectivity index (χ0) is 16.9. The number of rotatable bonds is 4. The summed E-state index contributed by atoms with van der Waals surface area (Å²) in [4.78, 5) is 21.1. The Morgan fingerprint density at radius 1 is 1.00 bits per heavy atom. The van der Waals surface area contributed by atoms with Gasteiger partial charge in [-0.15, -0.1) is 0 Å². The summed E-state index contributed by atoms with van der Waals surface area (Å²) >= 11 is 0. The molecule has 3 rings (SSSR count). The average Bonchev–Trinajstić information content (AvgIpc) is 2.60. The number of hydrogen-bond acceptors (Lipinski definition) is 4. The van der Waals surface area contributed by atoms with Crippen molar-refractivity contribution in [1.82, 2.24) is 9.97 Å². The van der Waals surface area contributed by atoms with E-state index in [0.717, 1.165) is 22.5 Å². The van der Waals surface area contributed by atoms with Crippen LogP contribution in [0.5, 0.6) is 0 Å². The molecule has 0 radical (unpaired) electrons. The minimum atomic E-state index is -0.366. The van der Waals surface area contributed by atoms with E-state index < -0.39 is 0 Å². The number of carbonyl (C=O) groups excluding carboxylic acids is 1. The van der Waals surface area contributed by atoms with Crippen molar-refractivity contribution in [1.29, 1.82) is 0 Å². The van der Waals surface area contributed by atoms with Crippen LogP contribution < -0.4 is 0 Å². The van der Waals surface area contributed by atoms with Crippen molar-refractivity contribution in [2.24, 2.45) is 0 Å². The lowest BCUT2D eigenvalue weighted by Crippen LogP contribution is -2.05. The van der Waals surface area contributed by atoms with Gasteiger partial charge in [0, 0.05) is 0 Å². The first-order valence-electron chi connectivity index (χ1n) is 7.77. The molecule has 24 heavy (non-hydrogen) atoms. The van der Waals surface area contributed by atoms with E-state index in [1.54, 1.807) is 18.2 Å². The Labute approximate surface area is 140 Å². The molecular formula is C20H18N2O2. The second-order valence-corrected chi connectivity index (χ2v) is 5.51. The van der Waals surface area contributed by atoms with E-state index in [0.29, 0.717) is 11.1 Å². The first-order valence-corrected chi connectivity index (χ1v) is 7.77. The predicted molar refractivity (Wildman–Crippen MR) is 94.8 cm³/mol. The van der Waals surface area contributed by atoms with Crippen molar-refractivity contribution < 1.29 is 9.53 Å². The topological polar surface area (TPSA) is 52.1 Å². The molecule has 4 heteroatoms. The molecule has 0 aliphatic heterocycles. The number of hydrogen-bond donors (Lipinski definition) is 0. The van der Waals surface area contributed by atoms with Gasteiger partial charge in [0.05, 0.1) is 28.0 Å². The van der Waals surface area contributed by atoms with Crippen LogP contribution in [0.4, 0.5) is 0 Å². The van der Waals surface area contributed by atoms with Gasteiger partial charge in [0.25, 0.3) is 0 Å². The molecule has 0 unspecified atom stereocenters. The molecule has 4 nitrogen and oxygen atoms in total. The largest absolute Gasteiger partial charge is 0.458 e. The monoisotopic (exact) mass is 318 g/mol. The summed E-state index contributed by atoms with van der Waals surface area (Å²) in [5.74, 6) is -0.366. The Morgan fingerprint density at radius 2 is 1.71 bits per heavy atom. The first kappa shape index (κ1) is 15.9. The van der Waals surface area contributed by atoms with Crippen molar-refractivity contribution >= 4 is 23.1 Å². The van der Waals surface area contributed by atoms with Gasteiger partial charge in [-0.1, -0.05) is 36.4 Å². The fourth-order valence-corrected chi connectivity index (χ4v) is 2.31. The molecular weight excluding hydrogens is 300 g/mol. The first-order chi connectivity index (χ1) is 11.6. The van der Waals surface area contributed by atoms with Gasteiger partial charge < -0.3 is 4.74 Å². The third-order valence-electron chi connectivity index (χ3n) is 3.73. The molecule has 0 saturated heterocycles. The van der Waals surface area contributed by atoms with E-state index >= 15 is 0 Å². The highest BCUT2D eigenvalue weighted by Crippen LogP contribution is 2.15. The zero-order valence-corrected chi connectivity index (χ0v) is 13.7. The summed E-state index contributed by atoms with van der Waals surface area (Å²) in [6, 6.07) is 15.1. The smallest absolute Gasteiger partial charge is 0.338 e. The minimum Gasteiger partial charge on any atom is -0.458 e. The maximum Gasteiger partial charge on any atom is 0.338 e. The fourth-order valence-electron chi connectivity index (χ4n) is 2.31. The average molecular weight is 318 g/mol. The molecule has 0 aliphatic rings. The standard InChI is InChI=1S/C20H18N2O2/c1-14-15(2)22-19-13-17(10-11-18(19)21-14)20(23)24-12-6-9-16-7-4-3-5-8-16/h3-11,13H,12H2,1-2H3/b9-6+. The van der Waals surface area contributed by atoms with Crippen LogP contribution in [0, 0.1) is 13.8 Å². The lowest BCUT2D eigenvalue weighted by atomic mass is 10.2. The number of aryl methyl sites for hydroxylation is 2. The number of esters is 1. The van der Waals surface area contributed by atoms with E-state index in [1.165, 1.54) is 0 Å². The van der Waals surface area contributed by atoms with Crippen LogP contribution in [0.1, 0.15) is 27.3 Å². The van der Waals surface area contributed by atoms with Crippen LogP contribution in [0.2, 0.25) is 0 Å². The lowest BCUT2D eigenvalue weighted by Gasteiger charge is -2.05. The molecule has 0 spiro atoms. The van der Waals surface area contributed by atoms with Gasteiger partial charge in [-0.3, -0.25) is 0 Å². The normalized spacial score (nSPS) is 11.1. The maximum absolute atomic E-state index is 12.1. The molecule has 0 bridgehead atoms. The summed E-state index contributed by atoms with van der Waals surface area (Å²) in [6.07, 6.45) is 3.74. The Morgan fingerprint density at radius 3 is 2.46 bits per heavy atom. The molecule has 0 saturated carbocycles. The number of benzene rings is 2. The Bertz CT molecular complexity index is 902. The Balaban J connectivity index is 1.67. The summed E-state index contributed by atoms with van der Waals surface area (Å²) in [7, 11) is 0. The van der Waals surface area contributed by atoms with Crippen LogP contribution in [-0.2, 0) is 4.74 Å². The van der Waals surface area contributed by atoms with E-state index in [9.17, 15) is 4.79 Å². The minimum absolute atomic E-state index is 0.227. The molecule has 2 aromatic carbocycles. The van der Waals surface area contributed by atoms with Crippen LogP contribution >= 0.6 is 0 Å². The second kappa shape index (κ2) is 7.04. The molecule has 0 N–H and O–H groups in total. The highest BCUT2D eigenvalue weighted by Gasteiger charge is 2.09. The SMILES string of the molecule is Cc1nc2ccc(C(=O)OC/C=C/c3ccccc3)cc2nc1C. The predicted octanol–water partition coefficient (Wildman–Crippen LogP) is 4.12. The number of fused-ring (bicyclic) bond motifs is 1. The number of ether oxygens (including phenoxy) is 1. The Kier molecular flexibility index (Phi) is 4.66. The maximum atomic E-state index is 12.1. The van der Waals surface area contributed by atoms with E-state index in [2.05, 4.69) is 9.97 Å².